The van der Waals surface area contributed by atoms with Crippen LogP contribution in [-0.2, 0) is 16.0 Å². The van der Waals surface area contributed by atoms with Crippen LogP contribution in [0.3, 0.4) is 0 Å². The minimum Gasteiger partial charge on any atom is -0.383 e. The topological polar surface area (TPSA) is 50.4 Å². The molecule has 0 aliphatic rings. The molecule has 0 saturated carbocycles. The minimum absolute atomic E-state index is 0.107. The summed E-state index contributed by atoms with van der Waals surface area (Å²) in [5.41, 5.74) is 2.55. The molecule has 118 valence electrons. The maximum atomic E-state index is 11.9. The van der Waals surface area contributed by atoms with E-state index in [9.17, 15) is 4.79 Å². The third kappa shape index (κ3) is 7.25. The fourth-order valence-electron chi connectivity index (χ4n) is 2.14. The molecule has 1 unspecified atom stereocenters. The van der Waals surface area contributed by atoms with Crippen LogP contribution in [0.2, 0.25) is 0 Å². The number of ether oxygens (including phenoxy) is 1. The molecule has 2 N–H and O–H groups in total. The summed E-state index contributed by atoms with van der Waals surface area (Å²) in [6, 6.07) is 8.54. The third-order valence-electron chi connectivity index (χ3n) is 3.56. The summed E-state index contributed by atoms with van der Waals surface area (Å²) in [7, 11) is 1.68. The first-order chi connectivity index (χ1) is 10.2. The van der Waals surface area contributed by atoms with Gasteiger partial charge in [0.25, 0.3) is 0 Å². The number of benzene rings is 1. The zero-order valence-electron chi connectivity index (χ0n) is 13.4. The van der Waals surface area contributed by atoms with Crippen molar-refractivity contribution in [3.8, 4) is 0 Å². The van der Waals surface area contributed by atoms with E-state index >= 15 is 0 Å². The van der Waals surface area contributed by atoms with E-state index in [1.165, 1.54) is 11.1 Å². The highest BCUT2D eigenvalue weighted by molar-refractivity contribution is 5.76. The van der Waals surface area contributed by atoms with Crippen LogP contribution < -0.4 is 10.6 Å². The quantitative estimate of drug-likeness (QED) is 0.649. The normalized spacial score (nSPS) is 12.1. The van der Waals surface area contributed by atoms with Crippen molar-refractivity contribution in [1.29, 1.82) is 0 Å². The largest absolute Gasteiger partial charge is 0.383 e. The molecule has 0 radical (unpaired) electrons. The van der Waals surface area contributed by atoms with E-state index in [0.29, 0.717) is 19.6 Å². The SMILES string of the molecule is CCc1ccc(C(C)CC(=O)NCCNCCOC)cc1. The summed E-state index contributed by atoms with van der Waals surface area (Å²) < 4.78 is 4.94. The number of amides is 1. The van der Waals surface area contributed by atoms with Gasteiger partial charge in [-0.25, -0.2) is 0 Å². The summed E-state index contributed by atoms with van der Waals surface area (Å²) in [4.78, 5) is 11.9. The van der Waals surface area contributed by atoms with Crippen LogP contribution >= 0.6 is 0 Å². The fourth-order valence-corrected chi connectivity index (χ4v) is 2.14. The van der Waals surface area contributed by atoms with Crippen molar-refractivity contribution in [3.63, 3.8) is 0 Å². The van der Waals surface area contributed by atoms with Crippen LogP contribution in [0.25, 0.3) is 0 Å². The number of nitrogens with one attached hydrogen (secondary N) is 2. The molecule has 0 aliphatic heterocycles. The van der Waals surface area contributed by atoms with E-state index in [0.717, 1.165) is 19.5 Å². The molecule has 4 nitrogen and oxygen atoms in total. The standard InChI is InChI=1S/C17H28N2O2/c1-4-15-5-7-16(8-6-15)14(2)13-17(20)19-10-9-18-11-12-21-3/h5-8,14,18H,4,9-13H2,1-3H3,(H,19,20). The van der Waals surface area contributed by atoms with E-state index in [1.807, 2.05) is 0 Å². The van der Waals surface area contributed by atoms with E-state index in [1.54, 1.807) is 7.11 Å². The molecule has 1 atom stereocenters. The Morgan fingerprint density at radius 1 is 1.19 bits per heavy atom. The van der Waals surface area contributed by atoms with Crippen molar-refractivity contribution in [2.45, 2.75) is 32.6 Å². The second-order valence-electron chi connectivity index (χ2n) is 5.29. The smallest absolute Gasteiger partial charge is 0.220 e. The number of aryl methyl sites for hydroxylation is 1. The van der Waals surface area contributed by atoms with Gasteiger partial charge in [0, 0.05) is 33.2 Å². The number of rotatable bonds is 10. The number of carbonyl (C=O) groups excluding carboxylic acids is 1. The maximum Gasteiger partial charge on any atom is 0.220 e. The Hall–Kier alpha value is -1.39. The number of hydrogen-bond acceptors (Lipinski definition) is 3. The molecule has 21 heavy (non-hydrogen) atoms. The molecular formula is C17H28N2O2. The first-order valence-corrected chi connectivity index (χ1v) is 7.72. The highest BCUT2D eigenvalue weighted by atomic mass is 16.5. The van der Waals surface area contributed by atoms with Crippen molar-refractivity contribution in [3.05, 3.63) is 35.4 Å². The zero-order chi connectivity index (χ0) is 15.5. The molecule has 1 aromatic carbocycles. The van der Waals surface area contributed by atoms with Crippen LogP contribution in [0.15, 0.2) is 24.3 Å². The molecule has 0 heterocycles. The van der Waals surface area contributed by atoms with E-state index in [4.69, 9.17) is 4.74 Å². The second kappa shape index (κ2) is 10.4. The van der Waals surface area contributed by atoms with Gasteiger partial charge in [-0.2, -0.15) is 0 Å². The summed E-state index contributed by atoms with van der Waals surface area (Å²) >= 11 is 0. The van der Waals surface area contributed by atoms with Crippen molar-refractivity contribution in [2.24, 2.45) is 0 Å². The second-order valence-corrected chi connectivity index (χ2v) is 5.29. The Morgan fingerprint density at radius 2 is 1.90 bits per heavy atom. The Bertz CT molecular complexity index is 404. The monoisotopic (exact) mass is 292 g/mol. The lowest BCUT2D eigenvalue weighted by atomic mass is 9.96. The van der Waals surface area contributed by atoms with Gasteiger partial charge in [-0.15, -0.1) is 0 Å². The molecule has 1 aromatic rings. The number of hydrogen-bond donors (Lipinski definition) is 2. The molecular weight excluding hydrogens is 264 g/mol. The van der Waals surface area contributed by atoms with E-state index in [-0.39, 0.29) is 11.8 Å². The van der Waals surface area contributed by atoms with Crippen LogP contribution in [0, 0.1) is 0 Å². The predicted octanol–water partition coefficient (Wildman–Crippen LogP) is 2.09. The molecule has 0 bridgehead atoms. The lowest BCUT2D eigenvalue weighted by Gasteiger charge is -2.13. The highest BCUT2D eigenvalue weighted by Gasteiger charge is 2.10. The van der Waals surface area contributed by atoms with Gasteiger partial charge in [0.1, 0.15) is 0 Å². The Labute approximate surface area is 128 Å². The van der Waals surface area contributed by atoms with Crippen molar-refractivity contribution in [1.82, 2.24) is 10.6 Å². The molecule has 0 aliphatic carbocycles. The third-order valence-corrected chi connectivity index (χ3v) is 3.56. The Kier molecular flexibility index (Phi) is 8.71. The van der Waals surface area contributed by atoms with E-state index < -0.39 is 0 Å². The van der Waals surface area contributed by atoms with Gasteiger partial charge in [-0.3, -0.25) is 4.79 Å². The average molecular weight is 292 g/mol. The average Bonchev–Trinajstić information content (AvgIpc) is 2.50. The lowest BCUT2D eigenvalue weighted by molar-refractivity contribution is -0.121. The van der Waals surface area contributed by atoms with Crippen molar-refractivity contribution < 1.29 is 9.53 Å². The van der Waals surface area contributed by atoms with Gasteiger partial charge in [0.05, 0.1) is 6.61 Å². The zero-order valence-corrected chi connectivity index (χ0v) is 13.4. The highest BCUT2D eigenvalue weighted by Crippen LogP contribution is 2.19. The molecule has 1 rings (SSSR count). The summed E-state index contributed by atoms with van der Waals surface area (Å²) in [6.45, 7) is 7.17. The maximum absolute atomic E-state index is 11.9. The van der Waals surface area contributed by atoms with Gasteiger partial charge < -0.3 is 15.4 Å². The van der Waals surface area contributed by atoms with Crippen LogP contribution in [0.1, 0.15) is 37.3 Å². The summed E-state index contributed by atoms with van der Waals surface area (Å²) in [5.74, 6) is 0.355. The van der Waals surface area contributed by atoms with E-state index in [2.05, 4.69) is 48.7 Å². The number of methoxy groups -OCH3 is 1. The van der Waals surface area contributed by atoms with Gasteiger partial charge in [0.15, 0.2) is 0 Å². The van der Waals surface area contributed by atoms with Gasteiger partial charge >= 0.3 is 0 Å². The molecule has 0 saturated heterocycles. The first kappa shape index (κ1) is 17.7. The molecule has 0 aromatic heterocycles. The number of carbonyl (C=O) groups is 1. The summed E-state index contributed by atoms with van der Waals surface area (Å²) in [6.07, 6.45) is 1.58. The fraction of sp³-hybridized carbons (Fsp3) is 0.588. The lowest BCUT2D eigenvalue weighted by Crippen LogP contribution is -2.33. The Balaban J connectivity index is 2.23. The summed E-state index contributed by atoms with van der Waals surface area (Å²) in [5, 5.41) is 6.14. The van der Waals surface area contributed by atoms with Crippen LogP contribution in [0.5, 0.6) is 0 Å². The van der Waals surface area contributed by atoms with Crippen molar-refractivity contribution >= 4 is 5.91 Å². The van der Waals surface area contributed by atoms with Crippen LogP contribution in [0.4, 0.5) is 0 Å². The first-order valence-electron chi connectivity index (χ1n) is 7.72. The molecule has 0 spiro atoms. The van der Waals surface area contributed by atoms with Gasteiger partial charge in [-0.05, 0) is 23.5 Å². The molecule has 4 heteroatoms. The van der Waals surface area contributed by atoms with Crippen LogP contribution in [-0.4, -0.2) is 39.3 Å². The molecule has 1 amide bonds. The minimum atomic E-state index is 0.107. The Morgan fingerprint density at radius 3 is 2.52 bits per heavy atom. The predicted molar refractivity (Wildman–Crippen MR) is 86.6 cm³/mol. The van der Waals surface area contributed by atoms with Crippen molar-refractivity contribution in [2.75, 3.05) is 33.4 Å². The van der Waals surface area contributed by atoms with Gasteiger partial charge in [0.2, 0.25) is 5.91 Å². The van der Waals surface area contributed by atoms with Gasteiger partial charge in [-0.1, -0.05) is 38.1 Å². The molecule has 0 fully saturated rings.